The van der Waals surface area contributed by atoms with Crippen molar-refractivity contribution in [3.8, 4) is 0 Å². The van der Waals surface area contributed by atoms with Crippen LogP contribution in [0.15, 0.2) is 47.6 Å². The van der Waals surface area contributed by atoms with Crippen molar-refractivity contribution in [2.75, 3.05) is 19.6 Å². The summed E-state index contributed by atoms with van der Waals surface area (Å²) < 4.78 is 0. The molecule has 0 aromatic carbocycles. The predicted octanol–water partition coefficient (Wildman–Crippen LogP) is 2.30. The standard InChI is InChI=1S/C12H15N/c1-2-13-9-11-7-5-3-4-6-8-12(11)10-13/h3-8H,2,9-10H2,1H3/b4-3-,5-3?,6-4?,7-5-,8-6?,11-7?,12-8?. The maximum atomic E-state index is 2.45. The number of allylic oxidation sites excluding steroid dienone is 4. The van der Waals surface area contributed by atoms with Crippen molar-refractivity contribution in [1.82, 2.24) is 4.90 Å². The number of rotatable bonds is 1. The molecule has 13 heavy (non-hydrogen) atoms. The second-order valence-electron chi connectivity index (χ2n) is 3.46. The minimum absolute atomic E-state index is 1.11. The monoisotopic (exact) mass is 173 g/mol. The Morgan fingerprint density at radius 3 is 2.00 bits per heavy atom. The Kier molecular flexibility index (Phi) is 2.46. The Labute approximate surface area is 79.7 Å². The molecule has 0 saturated heterocycles. The van der Waals surface area contributed by atoms with Gasteiger partial charge in [-0.3, -0.25) is 4.90 Å². The summed E-state index contributed by atoms with van der Waals surface area (Å²) in [6.45, 7) is 5.58. The maximum Gasteiger partial charge on any atom is 0.0240 e. The number of hydrogen-bond donors (Lipinski definition) is 0. The van der Waals surface area contributed by atoms with Crippen LogP contribution in [0.25, 0.3) is 0 Å². The van der Waals surface area contributed by atoms with Crippen molar-refractivity contribution >= 4 is 0 Å². The van der Waals surface area contributed by atoms with Crippen LogP contribution in [0.3, 0.4) is 0 Å². The Morgan fingerprint density at radius 2 is 1.54 bits per heavy atom. The molecule has 0 aromatic rings. The molecular weight excluding hydrogens is 158 g/mol. The quantitative estimate of drug-likeness (QED) is 0.588. The zero-order valence-corrected chi connectivity index (χ0v) is 8.03. The highest BCUT2D eigenvalue weighted by atomic mass is 15.1. The van der Waals surface area contributed by atoms with E-state index in [-0.39, 0.29) is 0 Å². The van der Waals surface area contributed by atoms with Gasteiger partial charge >= 0.3 is 0 Å². The molecule has 68 valence electrons. The molecule has 0 amide bonds. The minimum atomic E-state index is 1.11. The Hall–Kier alpha value is -1.08. The van der Waals surface area contributed by atoms with Gasteiger partial charge in [-0.05, 0) is 17.7 Å². The molecule has 1 heteroatoms. The SMILES string of the molecule is CCN1CC2=C(/C=C\C=C/C=C2)C1. The van der Waals surface area contributed by atoms with Crippen molar-refractivity contribution in [2.45, 2.75) is 6.92 Å². The normalized spacial score (nSPS) is 26.8. The van der Waals surface area contributed by atoms with E-state index in [9.17, 15) is 0 Å². The van der Waals surface area contributed by atoms with Crippen molar-refractivity contribution in [1.29, 1.82) is 0 Å². The molecule has 0 N–H and O–H groups in total. The maximum absolute atomic E-state index is 2.45. The van der Waals surface area contributed by atoms with Crippen LogP contribution in [0, 0.1) is 0 Å². The Morgan fingerprint density at radius 1 is 1.00 bits per heavy atom. The predicted molar refractivity (Wildman–Crippen MR) is 56.6 cm³/mol. The van der Waals surface area contributed by atoms with Gasteiger partial charge in [0.25, 0.3) is 0 Å². The van der Waals surface area contributed by atoms with E-state index in [2.05, 4.69) is 48.3 Å². The molecule has 0 fully saturated rings. The molecule has 2 rings (SSSR count). The van der Waals surface area contributed by atoms with Gasteiger partial charge in [-0.1, -0.05) is 43.4 Å². The first-order valence-corrected chi connectivity index (χ1v) is 4.86. The van der Waals surface area contributed by atoms with Gasteiger partial charge in [0.1, 0.15) is 0 Å². The molecule has 1 nitrogen and oxygen atoms in total. The highest BCUT2D eigenvalue weighted by molar-refractivity contribution is 5.42. The highest BCUT2D eigenvalue weighted by Gasteiger charge is 2.16. The first-order valence-electron chi connectivity index (χ1n) is 4.86. The summed E-state index contributed by atoms with van der Waals surface area (Å²) in [5.74, 6) is 0. The van der Waals surface area contributed by atoms with Crippen LogP contribution in [0.2, 0.25) is 0 Å². The third-order valence-electron chi connectivity index (χ3n) is 2.58. The second kappa shape index (κ2) is 3.75. The Balaban J connectivity index is 2.20. The lowest BCUT2D eigenvalue weighted by molar-refractivity contribution is 0.367. The summed E-state index contributed by atoms with van der Waals surface area (Å²) in [4.78, 5) is 2.45. The second-order valence-corrected chi connectivity index (χ2v) is 3.46. The van der Waals surface area contributed by atoms with Crippen molar-refractivity contribution < 1.29 is 0 Å². The average molecular weight is 173 g/mol. The molecule has 0 spiro atoms. The minimum Gasteiger partial charge on any atom is -0.295 e. The van der Waals surface area contributed by atoms with Gasteiger partial charge in [0.05, 0.1) is 0 Å². The lowest BCUT2D eigenvalue weighted by Crippen LogP contribution is -2.20. The molecule has 0 atom stereocenters. The third kappa shape index (κ3) is 1.81. The van der Waals surface area contributed by atoms with Gasteiger partial charge < -0.3 is 0 Å². The summed E-state index contributed by atoms with van der Waals surface area (Å²) >= 11 is 0. The molecule has 0 saturated carbocycles. The van der Waals surface area contributed by atoms with Gasteiger partial charge in [0.2, 0.25) is 0 Å². The molecule has 1 aliphatic carbocycles. The van der Waals surface area contributed by atoms with E-state index in [1.165, 1.54) is 11.1 Å². The highest BCUT2D eigenvalue weighted by Crippen LogP contribution is 2.20. The van der Waals surface area contributed by atoms with E-state index in [0.29, 0.717) is 0 Å². The molecule has 1 aliphatic heterocycles. The summed E-state index contributed by atoms with van der Waals surface area (Å²) in [5.41, 5.74) is 2.95. The van der Waals surface area contributed by atoms with Crippen molar-refractivity contribution in [3.05, 3.63) is 47.6 Å². The molecule has 0 radical (unpaired) electrons. The van der Waals surface area contributed by atoms with Gasteiger partial charge in [0.15, 0.2) is 0 Å². The zero-order chi connectivity index (χ0) is 9.10. The molecule has 2 aliphatic rings. The number of nitrogens with zero attached hydrogens (tertiary/aromatic N) is 1. The Bertz CT molecular complexity index is 277. The average Bonchev–Trinajstić information content (AvgIpc) is 2.47. The van der Waals surface area contributed by atoms with Crippen molar-refractivity contribution in [3.63, 3.8) is 0 Å². The van der Waals surface area contributed by atoms with E-state index in [0.717, 1.165) is 19.6 Å². The van der Waals surface area contributed by atoms with E-state index >= 15 is 0 Å². The first-order chi connectivity index (χ1) is 6.40. The molecule has 0 bridgehead atoms. The van der Waals surface area contributed by atoms with E-state index in [1.807, 2.05) is 0 Å². The fourth-order valence-corrected chi connectivity index (χ4v) is 1.76. The topological polar surface area (TPSA) is 3.24 Å². The van der Waals surface area contributed by atoms with Crippen LogP contribution >= 0.6 is 0 Å². The molecule has 0 unspecified atom stereocenters. The van der Waals surface area contributed by atoms with Crippen LogP contribution in [0.5, 0.6) is 0 Å². The summed E-state index contributed by atoms with van der Waals surface area (Å²) in [7, 11) is 0. The summed E-state index contributed by atoms with van der Waals surface area (Å²) in [5, 5.41) is 0. The molecule has 0 aromatic heterocycles. The van der Waals surface area contributed by atoms with Gasteiger partial charge in [0, 0.05) is 13.1 Å². The van der Waals surface area contributed by atoms with Crippen LogP contribution in [0.1, 0.15) is 6.92 Å². The van der Waals surface area contributed by atoms with E-state index < -0.39 is 0 Å². The van der Waals surface area contributed by atoms with E-state index in [1.54, 1.807) is 0 Å². The number of likely N-dealkylation sites (N-methyl/N-ethyl adjacent to an activating group) is 1. The largest absolute Gasteiger partial charge is 0.295 e. The lowest BCUT2D eigenvalue weighted by atomic mass is 10.1. The molecule has 1 heterocycles. The van der Waals surface area contributed by atoms with Crippen LogP contribution in [0.4, 0.5) is 0 Å². The van der Waals surface area contributed by atoms with Crippen LogP contribution in [-0.4, -0.2) is 24.5 Å². The summed E-state index contributed by atoms with van der Waals surface area (Å²) in [6, 6.07) is 0. The van der Waals surface area contributed by atoms with Gasteiger partial charge in [-0.2, -0.15) is 0 Å². The van der Waals surface area contributed by atoms with Crippen LogP contribution in [-0.2, 0) is 0 Å². The van der Waals surface area contributed by atoms with Gasteiger partial charge in [-0.15, -0.1) is 0 Å². The number of hydrogen-bond acceptors (Lipinski definition) is 1. The molecular formula is C12H15N. The summed E-state index contributed by atoms with van der Waals surface area (Å²) in [6.07, 6.45) is 12.9. The lowest BCUT2D eigenvalue weighted by Gasteiger charge is -2.11. The first kappa shape index (κ1) is 8.52. The van der Waals surface area contributed by atoms with E-state index in [4.69, 9.17) is 0 Å². The fraction of sp³-hybridized carbons (Fsp3) is 0.333. The van der Waals surface area contributed by atoms with Gasteiger partial charge in [-0.25, -0.2) is 0 Å². The fourth-order valence-electron chi connectivity index (χ4n) is 1.76. The van der Waals surface area contributed by atoms with Crippen molar-refractivity contribution in [2.24, 2.45) is 0 Å². The third-order valence-corrected chi connectivity index (χ3v) is 2.58. The van der Waals surface area contributed by atoms with Crippen LogP contribution < -0.4 is 0 Å². The smallest absolute Gasteiger partial charge is 0.0240 e. The zero-order valence-electron chi connectivity index (χ0n) is 8.03.